The Morgan fingerprint density at radius 3 is 2.04 bits per heavy atom. The molecule has 3 N–H and O–H groups in total. The van der Waals surface area contributed by atoms with Gasteiger partial charge in [-0.2, -0.15) is 0 Å². The summed E-state index contributed by atoms with van der Waals surface area (Å²) in [7, 11) is 0. The number of nitrogens with two attached hydrogens (primary N) is 1. The lowest BCUT2D eigenvalue weighted by Gasteiger charge is -2.30. The monoisotopic (exact) mass is 358 g/mol. The van der Waals surface area contributed by atoms with Gasteiger partial charge in [0.1, 0.15) is 17.2 Å². The van der Waals surface area contributed by atoms with Gasteiger partial charge in [-0.1, -0.05) is 0 Å². The number of likely N-dealkylation sites (tertiary alicyclic amines) is 1. The fourth-order valence-corrected chi connectivity index (χ4v) is 2.82. The molecule has 1 aliphatic heterocycles. The minimum Gasteiger partial charge on any atom is -0.481 e. The van der Waals surface area contributed by atoms with Gasteiger partial charge in [0, 0.05) is 18.5 Å². The van der Waals surface area contributed by atoms with Crippen LogP contribution in [-0.2, 0) is 19.1 Å². The average molecular weight is 358 g/mol. The topological polar surface area (TPSA) is 119 Å². The quantitative estimate of drug-likeness (QED) is 0.735. The van der Waals surface area contributed by atoms with Crippen LogP contribution in [0.5, 0.6) is 0 Å². The zero-order valence-corrected chi connectivity index (χ0v) is 15.9. The van der Waals surface area contributed by atoms with Gasteiger partial charge in [0.15, 0.2) is 0 Å². The Morgan fingerprint density at radius 1 is 1.12 bits per heavy atom. The van der Waals surface area contributed by atoms with Crippen molar-refractivity contribution >= 4 is 18.0 Å². The maximum absolute atomic E-state index is 12.6. The molecular formula is C17H30N2O6. The smallest absolute Gasteiger partial charge is 0.411 e. The van der Waals surface area contributed by atoms with Crippen LogP contribution in [0, 0.1) is 5.41 Å². The molecule has 0 aromatic heterocycles. The van der Waals surface area contributed by atoms with Crippen LogP contribution in [0.1, 0.15) is 54.4 Å². The zero-order chi connectivity index (χ0) is 19.6. The second kappa shape index (κ2) is 7.19. The molecule has 0 saturated carbocycles. The molecule has 1 aliphatic rings. The third-order valence-corrected chi connectivity index (χ3v) is 3.77. The van der Waals surface area contributed by atoms with E-state index in [1.54, 1.807) is 41.5 Å². The summed E-state index contributed by atoms with van der Waals surface area (Å²) in [4.78, 5) is 37.6. The number of esters is 1. The van der Waals surface area contributed by atoms with E-state index >= 15 is 0 Å². The van der Waals surface area contributed by atoms with Crippen molar-refractivity contribution in [2.45, 2.75) is 71.6 Å². The summed E-state index contributed by atoms with van der Waals surface area (Å²) in [6.45, 7) is 10.4. The molecule has 0 aromatic carbocycles. The lowest BCUT2D eigenvalue weighted by molar-refractivity contribution is -0.160. The van der Waals surface area contributed by atoms with Gasteiger partial charge in [-0.05, 0) is 48.0 Å². The van der Waals surface area contributed by atoms with E-state index in [9.17, 15) is 19.5 Å². The number of amides is 1. The van der Waals surface area contributed by atoms with Crippen molar-refractivity contribution in [1.29, 1.82) is 0 Å². The van der Waals surface area contributed by atoms with Crippen LogP contribution in [0.3, 0.4) is 0 Å². The SMILES string of the molecule is CC(C)(C)OC(=O)C1CC(CN)(CC(=O)O)CN1C(=O)OC(C)(C)C. The molecular weight excluding hydrogens is 328 g/mol. The number of hydrogen-bond donors (Lipinski definition) is 2. The van der Waals surface area contributed by atoms with Gasteiger partial charge < -0.3 is 20.3 Å². The van der Waals surface area contributed by atoms with Crippen LogP contribution >= 0.6 is 0 Å². The first-order chi connectivity index (χ1) is 11.2. The van der Waals surface area contributed by atoms with E-state index in [4.69, 9.17) is 15.2 Å². The highest BCUT2D eigenvalue weighted by molar-refractivity contribution is 5.83. The van der Waals surface area contributed by atoms with E-state index in [-0.39, 0.29) is 25.9 Å². The van der Waals surface area contributed by atoms with Crippen molar-refractivity contribution in [1.82, 2.24) is 4.90 Å². The number of carboxylic acid groups (broad SMARTS) is 1. The number of carboxylic acids is 1. The maximum Gasteiger partial charge on any atom is 0.411 e. The summed E-state index contributed by atoms with van der Waals surface area (Å²) in [5.74, 6) is -1.61. The molecule has 1 saturated heterocycles. The fraction of sp³-hybridized carbons (Fsp3) is 0.824. The number of aliphatic carboxylic acids is 1. The Labute approximate surface area is 148 Å². The van der Waals surface area contributed by atoms with Crippen LogP contribution < -0.4 is 5.73 Å². The van der Waals surface area contributed by atoms with Gasteiger partial charge in [0.05, 0.1) is 6.42 Å². The number of rotatable bonds is 4. The van der Waals surface area contributed by atoms with Crippen molar-refractivity contribution in [3.8, 4) is 0 Å². The lowest BCUT2D eigenvalue weighted by Crippen LogP contribution is -2.46. The van der Waals surface area contributed by atoms with Gasteiger partial charge >= 0.3 is 18.0 Å². The second-order valence-electron chi connectivity index (χ2n) is 8.64. The minimum atomic E-state index is -1.03. The predicted octanol–water partition coefficient (Wildman–Crippen LogP) is 1.76. The third kappa shape index (κ3) is 6.19. The third-order valence-electron chi connectivity index (χ3n) is 3.77. The van der Waals surface area contributed by atoms with Gasteiger partial charge in [-0.3, -0.25) is 9.69 Å². The highest BCUT2D eigenvalue weighted by Crippen LogP contribution is 2.39. The molecule has 144 valence electrons. The normalized spacial score (nSPS) is 24.1. The number of hydrogen-bond acceptors (Lipinski definition) is 6. The summed E-state index contributed by atoms with van der Waals surface area (Å²) < 4.78 is 10.8. The summed E-state index contributed by atoms with van der Waals surface area (Å²) in [5, 5.41) is 9.19. The molecule has 0 aliphatic carbocycles. The molecule has 0 spiro atoms. The highest BCUT2D eigenvalue weighted by Gasteiger charge is 2.51. The van der Waals surface area contributed by atoms with Gasteiger partial charge in [0.25, 0.3) is 0 Å². The average Bonchev–Trinajstić information content (AvgIpc) is 2.74. The Morgan fingerprint density at radius 2 is 1.64 bits per heavy atom. The maximum atomic E-state index is 12.6. The van der Waals surface area contributed by atoms with Crippen LogP contribution in [0.2, 0.25) is 0 Å². The molecule has 2 unspecified atom stereocenters. The first kappa shape index (κ1) is 21.2. The van der Waals surface area contributed by atoms with Crippen LogP contribution in [-0.4, -0.2) is 58.4 Å². The summed E-state index contributed by atoms with van der Waals surface area (Å²) in [6, 6.07) is -0.919. The Bertz CT molecular complexity index is 496. The van der Waals surface area contributed by atoms with Crippen molar-refractivity contribution in [3.63, 3.8) is 0 Å². The molecule has 25 heavy (non-hydrogen) atoms. The molecule has 1 fully saturated rings. The van der Waals surface area contributed by atoms with E-state index in [1.165, 1.54) is 4.90 Å². The van der Waals surface area contributed by atoms with Crippen LogP contribution in [0.25, 0.3) is 0 Å². The molecule has 8 nitrogen and oxygen atoms in total. The lowest BCUT2D eigenvalue weighted by atomic mass is 9.82. The number of nitrogens with zero attached hydrogens (tertiary/aromatic N) is 1. The second-order valence-corrected chi connectivity index (χ2v) is 8.64. The van der Waals surface area contributed by atoms with E-state index in [0.29, 0.717) is 0 Å². The highest BCUT2D eigenvalue weighted by atomic mass is 16.6. The van der Waals surface area contributed by atoms with Crippen LogP contribution in [0.4, 0.5) is 4.79 Å². The standard InChI is InChI=1S/C17H30N2O6/c1-15(2,3)24-13(22)11-7-17(9-18,8-12(20)21)10-19(11)14(23)25-16(4,5)6/h11H,7-10,18H2,1-6H3,(H,20,21). The van der Waals surface area contributed by atoms with Crippen LogP contribution in [0.15, 0.2) is 0 Å². The van der Waals surface area contributed by atoms with Crippen molar-refractivity contribution in [2.24, 2.45) is 11.1 Å². The van der Waals surface area contributed by atoms with Gasteiger partial charge in [-0.25, -0.2) is 9.59 Å². The molecule has 2 atom stereocenters. The van der Waals surface area contributed by atoms with Gasteiger partial charge in [-0.15, -0.1) is 0 Å². The van der Waals surface area contributed by atoms with Gasteiger partial charge in [0.2, 0.25) is 0 Å². The fourth-order valence-electron chi connectivity index (χ4n) is 2.82. The largest absolute Gasteiger partial charge is 0.481 e. The van der Waals surface area contributed by atoms with Crippen molar-refractivity contribution in [3.05, 3.63) is 0 Å². The first-order valence-electron chi connectivity index (χ1n) is 8.32. The van der Waals surface area contributed by atoms with E-state index < -0.39 is 40.7 Å². The molecule has 8 heteroatoms. The van der Waals surface area contributed by atoms with Crippen molar-refractivity contribution < 1.29 is 29.0 Å². The molecule has 0 radical (unpaired) electrons. The molecule has 0 bridgehead atoms. The molecule has 1 rings (SSSR count). The molecule has 1 amide bonds. The number of carbonyl (C=O) groups excluding carboxylic acids is 2. The van der Waals surface area contributed by atoms with E-state index in [1.807, 2.05) is 0 Å². The van der Waals surface area contributed by atoms with Crippen molar-refractivity contribution in [2.75, 3.05) is 13.1 Å². The summed E-state index contributed by atoms with van der Waals surface area (Å²) >= 11 is 0. The number of ether oxygens (including phenoxy) is 2. The Kier molecular flexibility index (Phi) is 6.10. The van der Waals surface area contributed by atoms with E-state index in [0.717, 1.165) is 0 Å². The predicted molar refractivity (Wildman–Crippen MR) is 90.9 cm³/mol. The summed E-state index contributed by atoms with van der Waals surface area (Å²) in [6.07, 6.45) is -0.782. The molecule has 0 aromatic rings. The number of carbonyl (C=O) groups is 3. The molecule has 1 heterocycles. The minimum absolute atomic E-state index is 0.0363. The Balaban J connectivity index is 3.11. The first-order valence-corrected chi connectivity index (χ1v) is 8.32. The zero-order valence-electron chi connectivity index (χ0n) is 15.9. The van der Waals surface area contributed by atoms with E-state index in [2.05, 4.69) is 0 Å². The Hall–Kier alpha value is -1.83. The summed E-state index contributed by atoms with van der Waals surface area (Å²) in [5.41, 5.74) is 3.45.